The van der Waals surface area contributed by atoms with Crippen LogP contribution in [0.5, 0.6) is 0 Å². The van der Waals surface area contributed by atoms with Crippen molar-refractivity contribution >= 4 is 0 Å². The topological polar surface area (TPSA) is 116 Å². The third-order valence-corrected chi connectivity index (χ3v) is 1.95. The van der Waals surface area contributed by atoms with E-state index in [-0.39, 0.29) is 0 Å². The Morgan fingerprint density at radius 1 is 1.17 bits per heavy atom. The van der Waals surface area contributed by atoms with Gasteiger partial charge in [-0.3, -0.25) is 0 Å². The Morgan fingerprint density at radius 3 is 2.25 bits per heavy atom. The highest BCUT2D eigenvalue weighted by atomic mass is 16.6. The van der Waals surface area contributed by atoms with Crippen molar-refractivity contribution < 1.29 is 25.2 Å². The molecule has 1 aliphatic rings. The number of hydrogen-bond donors (Lipinski definition) is 5. The molecular formula is C6H13NO5. The van der Waals surface area contributed by atoms with Crippen LogP contribution in [0.15, 0.2) is 0 Å². The molecule has 0 aromatic heterocycles. The summed E-state index contributed by atoms with van der Waals surface area (Å²) in [6, 6.07) is -1.04. The molecule has 0 bridgehead atoms. The average Bonchev–Trinajstić information content (AvgIpc) is 2.08. The first-order valence-electron chi connectivity index (χ1n) is 3.64. The molecule has 0 amide bonds. The molecule has 72 valence electrons. The van der Waals surface area contributed by atoms with E-state index < -0.39 is 37.3 Å². The zero-order valence-corrected chi connectivity index (χ0v) is 6.37. The SMILES string of the molecule is N[C@@H]1[C@H](O)[C@H](O)[C@@H](CO)O[C@H]1O. The van der Waals surface area contributed by atoms with Gasteiger partial charge in [0.05, 0.1) is 12.6 Å². The molecular weight excluding hydrogens is 166 g/mol. The molecule has 0 aliphatic carbocycles. The van der Waals surface area contributed by atoms with Crippen LogP contribution in [0.1, 0.15) is 0 Å². The number of nitrogens with two attached hydrogens (primary N) is 1. The molecule has 1 aliphatic heterocycles. The highest BCUT2D eigenvalue weighted by Crippen LogP contribution is 2.17. The van der Waals surface area contributed by atoms with Crippen molar-refractivity contribution in [3.63, 3.8) is 0 Å². The van der Waals surface area contributed by atoms with E-state index >= 15 is 0 Å². The number of aliphatic hydroxyl groups excluding tert-OH is 4. The van der Waals surface area contributed by atoms with Gasteiger partial charge in [-0.05, 0) is 0 Å². The first kappa shape index (κ1) is 9.85. The van der Waals surface area contributed by atoms with Gasteiger partial charge < -0.3 is 30.9 Å². The fraction of sp³-hybridized carbons (Fsp3) is 1.00. The fourth-order valence-corrected chi connectivity index (χ4v) is 1.12. The van der Waals surface area contributed by atoms with Crippen LogP contribution < -0.4 is 5.73 Å². The molecule has 1 rings (SSSR count). The zero-order valence-electron chi connectivity index (χ0n) is 6.37. The summed E-state index contributed by atoms with van der Waals surface area (Å²) in [4.78, 5) is 0. The van der Waals surface area contributed by atoms with Crippen molar-refractivity contribution in [1.82, 2.24) is 0 Å². The summed E-state index contributed by atoms with van der Waals surface area (Å²) in [6.07, 6.45) is -4.85. The summed E-state index contributed by atoms with van der Waals surface area (Å²) < 4.78 is 4.70. The monoisotopic (exact) mass is 179 g/mol. The molecule has 0 aromatic carbocycles. The van der Waals surface area contributed by atoms with Gasteiger partial charge in [0.15, 0.2) is 6.29 Å². The summed E-state index contributed by atoms with van der Waals surface area (Å²) >= 11 is 0. The van der Waals surface area contributed by atoms with E-state index in [0.717, 1.165) is 0 Å². The minimum absolute atomic E-state index is 0.470. The van der Waals surface area contributed by atoms with Gasteiger partial charge in [-0.1, -0.05) is 0 Å². The molecule has 0 saturated carbocycles. The van der Waals surface area contributed by atoms with Crippen molar-refractivity contribution in [3.8, 4) is 0 Å². The van der Waals surface area contributed by atoms with Crippen molar-refractivity contribution in [2.24, 2.45) is 5.73 Å². The first-order valence-corrected chi connectivity index (χ1v) is 3.64. The quantitative estimate of drug-likeness (QED) is 0.288. The Kier molecular flexibility index (Phi) is 2.99. The van der Waals surface area contributed by atoms with Gasteiger partial charge >= 0.3 is 0 Å². The van der Waals surface area contributed by atoms with Crippen molar-refractivity contribution in [2.75, 3.05) is 6.61 Å². The molecule has 0 spiro atoms. The van der Waals surface area contributed by atoms with Crippen LogP contribution in [0.2, 0.25) is 0 Å². The summed E-state index contributed by atoms with van der Waals surface area (Å²) in [5.41, 5.74) is 5.26. The standard InChI is InChI=1S/C6H13NO5/c7-3-5(10)4(9)2(1-8)12-6(3)11/h2-6,8-11H,1,7H2/t2-,3-,4-,5+,6-/m1/s1. The van der Waals surface area contributed by atoms with Crippen molar-refractivity contribution in [2.45, 2.75) is 30.6 Å². The Balaban J connectivity index is 2.63. The molecule has 12 heavy (non-hydrogen) atoms. The normalized spacial score (nSPS) is 49.2. The third kappa shape index (κ3) is 1.58. The lowest BCUT2D eigenvalue weighted by Crippen LogP contribution is -2.61. The highest BCUT2D eigenvalue weighted by Gasteiger charge is 2.41. The van der Waals surface area contributed by atoms with Crippen molar-refractivity contribution in [3.05, 3.63) is 0 Å². The van der Waals surface area contributed by atoms with Crippen LogP contribution in [0.4, 0.5) is 0 Å². The minimum Gasteiger partial charge on any atom is -0.394 e. The lowest BCUT2D eigenvalue weighted by molar-refractivity contribution is -0.248. The number of rotatable bonds is 1. The second-order valence-corrected chi connectivity index (χ2v) is 2.81. The molecule has 0 unspecified atom stereocenters. The lowest BCUT2D eigenvalue weighted by Gasteiger charge is -2.38. The van der Waals surface area contributed by atoms with Gasteiger partial charge in [0.25, 0.3) is 0 Å². The molecule has 6 N–H and O–H groups in total. The van der Waals surface area contributed by atoms with Gasteiger partial charge in [-0.25, -0.2) is 0 Å². The summed E-state index contributed by atoms with van der Waals surface area (Å²) in [7, 11) is 0. The van der Waals surface area contributed by atoms with Crippen LogP contribution in [0.25, 0.3) is 0 Å². The van der Waals surface area contributed by atoms with E-state index in [1.807, 2.05) is 0 Å². The van der Waals surface area contributed by atoms with Crippen LogP contribution in [0, 0.1) is 0 Å². The average molecular weight is 179 g/mol. The number of ether oxygens (including phenoxy) is 1. The molecule has 1 fully saturated rings. The summed E-state index contributed by atoms with van der Waals surface area (Å²) in [5, 5.41) is 36.1. The van der Waals surface area contributed by atoms with Crippen LogP contribution in [-0.2, 0) is 4.74 Å². The molecule has 1 saturated heterocycles. The largest absolute Gasteiger partial charge is 0.394 e. The summed E-state index contributed by atoms with van der Waals surface area (Å²) in [5.74, 6) is 0. The third-order valence-electron chi connectivity index (χ3n) is 1.95. The van der Waals surface area contributed by atoms with Crippen molar-refractivity contribution in [1.29, 1.82) is 0 Å². The smallest absolute Gasteiger partial charge is 0.173 e. The highest BCUT2D eigenvalue weighted by molar-refractivity contribution is 4.90. The second-order valence-electron chi connectivity index (χ2n) is 2.81. The van der Waals surface area contributed by atoms with E-state index in [0.29, 0.717) is 0 Å². The maximum absolute atomic E-state index is 9.20. The molecule has 0 aromatic rings. The predicted molar refractivity (Wildman–Crippen MR) is 38.0 cm³/mol. The van der Waals surface area contributed by atoms with Gasteiger partial charge in [0.1, 0.15) is 18.3 Å². The van der Waals surface area contributed by atoms with E-state index in [2.05, 4.69) is 0 Å². The number of aliphatic hydroxyl groups is 4. The maximum Gasteiger partial charge on any atom is 0.173 e. The molecule has 0 radical (unpaired) electrons. The Morgan fingerprint density at radius 2 is 1.75 bits per heavy atom. The van der Waals surface area contributed by atoms with E-state index in [1.54, 1.807) is 0 Å². The molecule has 6 nitrogen and oxygen atoms in total. The van der Waals surface area contributed by atoms with Gasteiger partial charge in [-0.2, -0.15) is 0 Å². The van der Waals surface area contributed by atoms with Crippen LogP contribution >= 0.6 is 0 Å². The Hall–Kier alpha value is -0.240. The van der Waals surface area contributed by atoms with Crippen LogP contribution in [-0.4, -0.2) is 57.7 Å². The van der Waals surface area contributed by atoms with E-state index in [9.17, 15) is 10.2 Å². The van der Waals surface area contributed by atoms with Crippen LogP contribution in [0.3, 0.4) is 0 Å². The molecule has 6 heteroatoms. The molecule has 1 heterocycles. The minimum atomic E-state index is -1.35. The van der Waals surface area contributed by atoms with Gasteiger partial charge in [0.2, 0.25) is 0 Å². The van der Waals surface area contributed by atoms with Gasteiger partial charge in [-0.15, -0.1) is 0 Å². The summed E-state index contributed by atoms with van der Waals surface area (Å²) in [6.45, 7) is -0.470. The van der Waals surface area contributed by atoms with E-state index in [4.69, 9.17) is 20.7 Å². The fourth-order valence-electron chi connectivity index (χ4n) is 1.12. The Bertz CT molecular complexity index is 150. The zero-order chi connectivity index (χ0) is 9.30. The maximum atomic E-state index is 9.20. The lowest BCUT2D eigenvalue weighted by atomic mass is 9.98. The molecule has 5 atom stereocenters. The second kappa shape index (κ2) is 3.65. The van der Waals surface area contributed by atoms with Gasteiger partial charge in [0, 0.05) is 0 Å². The first-order chi connectivity index (χ1) is 5.57. The predicted octanol–water partition coefficient (Wildman–Crippen LogP) is -3.26. The Labute approximate surface area is 69.2 Å². The number of hydrogen-bond acceptors (Lipinski definition) is 6. The van der Waals surface area contributed by atoms with E-state index in [1.165, 1.54) is 0 Å².